The maximum atomic E-state index is 11.8. The highest BCUT2D eigenvalue weighted by Crippen LogP contribution is 2.33. The lowest BCUT2D eigenvalue weighted by Gasteiger charge is -2.41. The molecule has 0 radical (unpaired) electrons. The predicted octanol–water partition coefficient (Wildman–Crippen LogP) is 1.66. The van der Waals surface area contributed by atoms with Crippen LogP contribution in [0.2, 0.25) is 0 Å². The normalized spacial score (nSPS) is 25.8. The smallest absolute Gasteiger partial charge is 0.326 e. The van der Waals surface area contributed by atoms with Gasteiger partial charge in [0.1, 0.15) is 12.1 Å². The van der Waals surface area contributed by atoms with E-state index >= 15 is 0 Å². The van der Waals surface area contributed by atoms with Crippen molar-refractivity contribution in [3.63, 3.8) is 0 Å². The molecule has 0 heterocycles. The maximum Gasteiger partial charge on any atom is 0.326 e. The Bertz CT molecular complexity index is 390. The molecular weight excluding hydrogens is 254 g/mol. The van der Waals surface area contributed by atoms with E-state index in [2.05, 4.69) is 0 Å². The molecule has 0 amide bonds. The lowest BCUT2D eigenvalue weighted by Crippen LogP contribution is -2.61. The monoisotopic (exact) mass is 271 g/mol. The van der Waals surface area contributed by atoms with Gasteiger partial charge in [0.25, 0.3) is 0 Å². The van der Waals surface area contributed by atoms with Gasteiger partial charge in [0, 0.05) is 20.0 Å². The zero-order valence-electron chi connectivity index (χ0n) is 10.3. The van der Waals surface area contributed by atoms with Crippen molar-refractivity contribution in [1.82, 2.24) is 0 Å². The molecular formula is C13H18ClNO3. The number of carbonyl (C=O) groups excluding carboxylic acids is 1. The summed E-state index contributed by atoms with van der Waals surface area (Å²) in [6.07, 6.45) is 1.16. The van der Waals surface area contributed by atoms with Crippen LogP contribution < -0.4 is 5.73 Å². The summed E-state index contributed by atoms with van der Waals surface area (Å²) in [7, 11) is 1.62. The molecule has 1 aliphatic rings. The largest absolute Gasteiger partial charge is 0.459 e. The molecule has 2 N–H and O–H groups in total. The van der Waals surface area contributed by atoms with Crippen LogP contribution in [0.4, 0.5) is 0 Å². The zero-order valence-corrected chi connectivity index (χ0v) is 11.1. The minimum absolute atomic E-state index is 0. The molecule has 1 saturated carbocycles. The Morgan fingerprint density at radius 3 is 2.56 bits per heavy atom. The molecule has 0 atom stereocenters. The Balaban J connectivity index is 0.00000162. The van der Waals surface area contributed by atoms with Crippen LogP contribution in [0.3, 0.4) is 0 Å². The van der Waals surface area contributed by atoms with E-state index in [9.17, 15) is 4.79 Å². The second-order valence-corrected chi connectivity index (χ2v) is 4.48. The summed E-state index contributed by atoms with van der Waals surface area (Å²) in [4.78, 5) is 11.8. The highest BCUT2D eigenvalue weighted by Gasteiger charge is 2.48. The van der Waals surface area contributed by atoms with Crippen LogP contribution in [0, 0.1) is 0 Å². The first-order valence-electron chi connectivity index (χ1n) is 5.67. The van der Waals surface area contributed by atoms with Gasteiger partial charge < -0.3 is 15.2 Å². The van der Waals surface area contributed by atoms with E-state index < -0.39 is 5.54 Å². The first kappa shape index (κ1) is 15.0. The van der Waals surface area contributed by atoms with Gasteiger partial charge in [0.05, 0.1) is 6.10 Å². The standard InChI is InChI=1S/C13H17NO3.ClH/c1-16-11-7-13(14,8-11)12(15)17-9-10-5-3-2-4-6-10;/h2-6,11H,7-9,14H2,1H3;1H. The Labute approximate surface area is 113 Å². The van der Waals surface area contributed by atoms with Gasteiger partial charge >= 0.3 is 5.97 Å². The van der Waals surface area contributed by atoms with E-state index in [-0.39, 0.29) is 31.1 Å². The molecule has 4 nitrogen and oxygen atoms in total. The fourth-order valence-electron chi connectivity index (χ4n) is 1.95. The van der Waals surface area contributed by atoms with E-state index in [4.69, 9.17) is 15.2 Å². The lowest BCUT2D eigenvalue weighted by molar-refractivity contribution is -0.161. The van der Waals surface area contributed by atoms with E-state index in [1.165, 1.54) is 0 Å². The van der Waals surface area contributed by atoms with Crippen LogP contribution >= 0.6 is 12.4 Å². The van der Waals surface area contributed by atoms with Crippen LogP contribution in [-0.4, -0.2) is 24.7 Å². The minimum atomic E-state index is -0.852. The number of rotatable bonds is 4. The van der Waals surface area contributed by atoms with Gasteiger partial charge in [0.15, 0.2) is 0 Å². The Hall–Kier alpha value is -1.10. The fraction of sp³-hybridized carbons (Fsp3) is 0.462. The van der Waals surface area contributed by atoms with Crippen molar-refractivity contribution in [2.45, 2.75) is 31.1 Å². The Morgan fingerprint density at radius 1 is 1.39 bits per heavy atom. The van der Waals surface area contributed by atoms with Crippen molar-refractivity contribution >= 4 is 18.4 Å². The maximum absolute atomic E-state index is 11.8. The second-order valence-electron chi connectivity index (χ2n) is 4.48. The third kappa shape index (κ3) is 3.22. The number of halogens is 1. The number of ether oxygens (including phenoxy) is 2. The summed E-state index contributed by atoms with van der Waals surface area (Å²) in [6, 6.07) is 9.56. The number of benzene rings is 1. The first-order valence-corrected chi connectivity index (χ1v) is 5.67. The highest BCUT2D eigenvalue weighted by molar-refractivity contribution is 5.85. The Kier molecular flexibility index (Phi) is 5.14. The summed E-state index contributed by atoms with van der Waals surface area (Å²) in [5.41, 5.74) is 6.04. The van der Waals surface area contributed by atoms with E-state index in [0.29, 0.717) is 12.8 Å². The summed E-state index contributed by atoms with van der Waals surface area (Å²) >= 11 is 0. The summed E-state index contributed by atoms with van der Waals surface area (Å²) in [5.74, 6) is -0.338. The molecule has 100 valence electrons. The van der Waals surface area contributed by atoms with E-state index in [1.54, 1.807) is 7.11 Å². The van der Waals surface area contributed by atoms with Crippen LogP contribution in [0.1, 0.15) is 18.4 Å². The number of esters is 1. The average molecular weight is 272 g/mol. The van der Waals surface area contributed by atoms with Crippen molar-refractivity contribution in [2.24, 2.45) is 5.73 Å². The summed E-state index contributed by atoms with van der Waals surface area (Å²) in [5, 5.41) is 0. The fourth-order valence-corrected chi connectivity index (χ4v) is 1.95. The number of hydrogen-bond donors (Lipinski definition) is 1. The van der Waals surface area contributed by atoms with Crippen LogP contribution in [0.25, 0.3) is 0 Å². The third-order valence-corrected chi connectivity index (χ3v) is 3.14. The molecule has 0 spiro atoms. The highest BCUT2D eigenvalue weighted by atomic mass is 35.5. The number of nitrogens with two attached hydrogens (primary N) is 1. The molecule has 1 aliphatic carbocycles. The third-order valence-electron chi connectivity index (χ3n) is 3.14. The average Bonchev–Trinajstić information content (AvgIpc) is 2.33. The topological polar surface area (TPSA) is 61.5 Å². The number of carbonyl (C=O) groups is 1. The van der Waals surface area contributed by atoms with Crippen molar-refractivity contribution in [3.05, 3.63) is 35.9 Å². The SMILES string of the molecule is COC1CC(N)(C(=O)OCc2ccccc2)C1.Cl. The molecule has 1 aromatic carbocycles. The quantitative estimate of drug-likeness (QED) is 0.846. The molecule has 18 heavy (non-hydrogen) atoms. The molecule has 2 rings (SSSR count). The first-order chi connectivity index (χ1) is 8.14. The van der Waals surface area contributed by atoms with E-state index in [0.717, 1.165) is 5.56 Å². The van der Waals surface area contributed by atoms with Gasteiger partial charge in [-0.25, -0.2) is 0 Å². The summed E-state index contributed by atoms with van der Waals surface area (Å²) in [6.45, 7) is 0.274. The summed E-state index contributed by atoms with van der Waals surface area (Å²) < 4.78 is 10.3. The minimum Gasteiger partial charge on any atom is -0.459 e. The van der Waals surface area contributed by atoms with Crippen molar-refractivity contribution in [3.8, 4) is 0 Å². The zero-order chi connectivity index (χ0) is 12.3. The van der Waals surface area contributed by atoms with Gasteiger partial charge in [-0.3, -0.25) is 4.79 Å². The Morgan fingerprint density at radius 2 is 2.00 bits per heavy atom. The molecule has 0 bridgehead atoms. The molecule has 0 unspecified atom stereocenters. The molecule has 5 heteroatoms. The van der Waals surface area contributed by atoms with Crippen LogP contribution in [-0.2, 0) is 20.9 Å². The van der Waals surface area contributed by atoms with Gasteiger partial charge in [-0.05, 0) is 5.56 Å². The molecule has 0 aliphatic heterocycles. The second kappa shape index (κ2) is 6.18. The van der Waals surface area contributed by atoms with Crippen molar-refractivity contribution in [1.29, 1.82) is 0 Å². The number of hydrogen-bond acceptors (Lipinski definition) is 4. The van der Waals surface area contributed by atoms with E-state index in [1.807, 2.05) is 30.3 Å². The molecule has 0 saturated heterocycles. The molecule has 1 aromatic rings. The predicted molar refractivity (Wildman–Crippen MR) is 70.4 cm³/mol. The van der Waals surface area contributed by atoms with Crippen molar-refractivity contribution < 1.29 is 14.3 Å². The van der Waals surface area contributed by atoms with Gasteiger partial charge in [-0.2, -0.15) is 0 Å². The van der Waals surface area contributed by atoms with Crippen LogP contribution in [0.5, 0.6) is 0 Å². The lowest BCUT2D eigenvalue weighted by atomic mass is 9.75. The van der Waals surface area contributed by atoms with Gasteiger partial charge in [-0.1, -0.05) is 30.3 Å². The number of methoxy groups -OCH3 is 1. The van der Waals surface area contributed by atoms with Gasteiger partial charge in [0.2, 0.25) is 0 Å². The molecule has 0 aromatic heterocycles. The molecule has 1 fully saturated rings. The van der Waals surface area contributed by atoms with Gasteiger partial charge in [-0.15, -0.1) is 12.4 Å². The van der Waals surface area contributed by atoms with Crippen molar-refractivity contribution in [2.75, 3.05) is 7.11 Å². The van der Waals surface area contributed by atoms with Crippen LogP contribution in [0.15, 0.2) is 30.3 Å².